The lowest BCUT2D eigenvalue weighted by Crippen LogP contribution is -2.58. The molecule has 2 aliphatic rings. The summed E-state index contributed by atoms with van der Waals surface area (Å²) in [6.45, 7) is 0.967. The topological polar surface area (TPSA) is 67.1 Å². The fraction of sp³-hybridized carbons (Fsp3) is 0.900. The maximum absolute atomic E-state index is 11.6. The summed E-state index contributed by atoms with van der Waals surface area (Å²) in [6, 6.07) is 0.413. The molecule has 0 aromatic carbocycles. The Labute approximate surface area is 84.6 Å². The normalized spacial score (nSPS) is 37.4. The van der Waals surface area contributed by atoms with Crippen LogP contribution in [0.1, 0.15) is 32.1 Å². The van der Waals surface area contributed by atoms with E-state index in [1.165, 1.54) is 12.8 Å². The Morgan fingerprint density at radius 2 is 2.00 bits per heavy atom. The van der Waals surface area contributed by atoms with Crippen LogP contribution in [0.2, 0.25) is 0 Å². The van der Waals surface area contributed by atoms with Crippen LogP contribution in [0.25, 0.3) is 0 Å². The van der Waals surface area contributed by atoms with Gasteiger partial charge in [0.1, 0.15) is 0 Å². The van der Waals surface area contributed by atoms with E-state index in [-0.39, 0.29) is 24.0 Å². The van der Waals surface area contributed by atoms with E-state index in [1.807, 2.05) is 0 Å². The van der Waals surface area contributed by atoms with Gasteiger partial charge in [-0.2, -0.15) is 0 Å². The Hall–Kier alpha value is -0.610. The summed E-state index contributed by atoms with van der Waals surface area (Å²) in [7, 11) is 0. The molecule has 2 fully saturated rings. The second kappa shape index (κ2) is 4.28. The maximum Gasteiger partial charge on any atom is 0.237 e. The number of nitrogens with two attached hydrogens (primary N) is 1. The van der Waals surface area contributed by atoms with E-state index in [0.29, 0.717) is 0 Å². The number of hydrogen-bond acceptors (Lipinski definition) is 3. The Bertz CT molecular complexity index is 215. The van der Waals surface area contributed by atoms with Crippen molar-refractivity contribution >= 4 is 5.91 Å². The molecule has 1 heterocycles. The predicted molar refractivity (Wildman–Crippen MR) is 54.8 cm³/mol. The smallest absolute Gasteiger partial charge is 0.237 e. The van der Waals surface area contributed by atoms with Crippen LogP contribution in [0.3, 0.4) is 0 Å². The number of hydrogen-bond donors (Lipinski definition) is 3. The molecular formula is C10H19N3O. The van der Waals surface area contributed by atoms with Gasteiger partial charge in [0, 0.05) is 12.1 Å². The van der Waals surface area contributed by atoms with E-state index in [1.54, 1.807) is 0 Å². The maximum atomic E-state index is 11.6. The second-order valence-corrected chi connectivity index (χ2v) is 4.36. The SMILES string of the molecule is N[C@@H]1CCCC[C@H]1NC(=O)[C@H]1CCN1. The van der Waals surface area contributed by atoms with Gasteiger partial charge in [-0.15, -0.1) is 0 Å². The van der Waals surface area contributed by atoms with Crippen molar-refractivity contribution in [1.29, 1.82) is 0 Å². The van der Waals surface area contributed by atoms with Gasteiger partial charge in [-0.25, -0.2) is 0 Å². The number of carbonyl (C=O) groups is 1. The number of carbonyl (C=O) groups excluding carboxylic acids is 1. The zero-order valence-corrected chi connectivity index (χ0v) is 8.46. The highest BCUT2D eigenvalue weighted by atomic mass is 16.2. The molecule has 4 nitrogen and oxygen atoms in total. The predicted octanol–water partition coefficient (Wildman–Crippen LogP) is -0.266. The molecule has 1 saturated heterocycles. The van der Waals surface area contributed by atoms with Crippen molar-refractivity contribution in [3.63, 3.8) is 0 Å². The Morgan fingerprint density at radius 1 is 1.29 bits per heavy atom. The van der Waals surface area contributed by atoms with Gasteiger partial charge in [0.05, 0.1) is 6.04 Å². The Balaban J connectivity index is 1.79. The molecule has 0 bridgehead atoms. The minimum atomic E-state index is 0.0455. The molecule has 0 radical (unpaired) electrons. The van der Waals surface area contributed by atoms with Crippen molar-refractivity contribution in [3.8, 4) is 0 Å². The average Bonchev–Trinajstić information content (AvgIpc) is 2.05. The molecule has 0 aromatic rings. The van der Waals surface area contributed by atoms with Crippen molar-refractivity contribution in [2.75, 3.05) is 6.54 Å². The third-order valence-corrected chi connectivity index (χ3v) is 3.29. The van der Waals surface area contributed by atoms with Crippen LogP contribution in [0, 0.1) is 0 Å². The van der Waals surface area contributed by atoms with Crippen LogP contribution in [-0.2, 0) is 4.79 Å². The summed E-state index contributed by atoms with van der Waals surface area (Å²) >= 11 is 0. The molecule has 80 valence electrons. The van der Waals surface area contributed by atoms with E-state index in [9.17, 15) is 4.79 Å². The quantitative estimate of drug-likeness (QED) is 0.571. The van der Waals surface area contributed by atoms with Gasteiger partial charge in [-0.1, -0.05) is 12.8 Å². The molecule has 0 aromatic heterocycles. The van der Waals surface area contributed by atoms with Crippen LogP contribution in [0.5, 0.6) is 0 Å². The van der Waals surface area contributed by atoms with Gasteiger partial charge < -0.3 is 16.4 Å². The van der Waals surface area contributed by atoms with E-state index in [4.69, 9.17) is 5.73 Å². The first-order valence-corrected chi connectivity index (χ1v) is 5.57. The van der Waals surface area contributed by atoms with Crippen molar-refractivity contribution in [3.05, 3.63) is 0 Å². The molecule has 4 N–H and O–H groups in total. The van der Waals surface area contributed by atoms with Crippen molar-refractivity contribution in [1.82, 2.24) is 10.6 Å². The fourth-order valence-corrected chi connectivity index (χ4v) is 2.13. The summed E-state index contributed by atoms with van der Waals surface area (Å²) in [5.41, 5.74) is 5.95. The molecule has 0 unspecified atom stereocenters. The van der Waals surface area contributed by atoms with Crippen LogP contribution >= 0.6 is 0 Å². The van der Waals surface area contributed by atoms with Crippen LogP contribution in [0.4, 0.5) is 0 Å². The van der Waals surface area contributed by atoms with Crippen LogP contribution in [0.15, 0.2) is 0 Å². The molecular weight excluding hydrogens is 178 g/mol. The van der Waals surface area contributed by atoms with Gasteiger partial charge in [0.15, 0.2) is 0 Å². The molecule has 1 saturated carbocycles. The highest BCUT2D eigenvalue weighted by molar-refractivity contribution is 5.82. The molecule has 1 amide bonds. The lowest BCUT2D eigenvalue weighted by molar-refractivity contribution is -0.125. The minimum absolute atomic E-state index is 0.0455. The zero-order chi connectivity index (χ0) is 9.97. The minimum Gasteiger partial charge on any atom is -0.350 e. The highest BCUT2D eigenvalue weighted by Crippen LogP contribution is 2.17. The second-order valence-electron chi connectivity index (χ2n) is 4.36. The Kier molecular flexibility index (Phi) is 3.03. The largest absolute Gasteiger partial charge is 0.350 e. The summed E-state index contributed by atoms with van der Waals surface area (Å²) in [6.07, 6.45) is 5.45. The van der Waals surface area contributed by atoms with Crippen molar-refractivity contribution in [2.45, 2.75) is 50.2 Å². The molecule has 14 heavy (non-hydrogen) atoms. The third-order valence-electron chi connectivity index (χ3n) is 3.29. The number of nitrogens with one attached hydrogen (secondary N) is 2. The van der Waals surface area contributed by atoms with E-state index in [2.05, 4.69) is 10.6 Å². The van der Waals surface area contributed by atoms with Gasteiger partial charge >= 0.3 is 0 Å². The highest BCUT2D eigenvalue weighted by Gasteiger charge is 2.29. The Morgan fingerprint density at radius 3 is 2.57 bits per heavy atom. The molecule has 0 spiro atoms. The summed E-state index contributed by atoms with van der Waals surface area (Å²) in [5, 5.41) is 6.14. The molecule has 1 aliphatic heterocycles. The number of rotatable bonds is 2. The monoisotopic (exact) mass is 197 g/mol. The van der Waals surface area contributed by atoms with Gasteiger partial charge in [0.2, 0.25) is 5.91 Å². The first-order valence-electron chi connectivity index (χ1n) is 5.57. The fourth-order valence-electron chi connectivity index (χ4n) is 2.13. The lowest BCUT2D eigenvalue weighted by atomic mass is 9.90. The van der Waals surface area contributed by atoms with Gasteiger partial charge in [-0.3, -0.25) is 4.79 Å². The first-order chi connectivity index (χ1) is 6.77. The molecule has 3 atom stereocenters. The van der Waals surface area contributed by atoms with Gasteiger partial charge in [-0.05, 0) is 25.8 Å². The third kappa shape index (κ3) is 2.07. The first kappa shape index (κ1) is 9.93. The van der Waals surface area contributed by atoms with Crippen LogP contribution in [-0.4, -0.2) is 30.6 Å². The van der Waals surface area contributed by atoms with E-state index < -0.39 is 0 Å². The van der Waals surface area contributed by atoms with E-state index >= 15 is 0 Å². The summed E-state index contributed by atoms with van der Waals surface area (Å²) in [5.74, 6) is 0.138. The van der Waals surface area contributed by atoms with E-state index in [0.717, 1.165) is 25.8 Å². The zero-order valence-electron chi connectivity index (χ0n) is 8.46. The van der Waals surface area contributed by atoms with Gasteiger partial charge in [0.25, 0.3) is 0 Å². The number of amides is 1. The molecule has 4 heteroatoms. The molecule has 1 aliphatic carbocycles. The van der Waals surface area contributed by atoms with Crippen LogP contribution < -0.4 is 16.4 Å². The molecule has 2 rings (SSSR count). The average molecular weight is 197 g/mol. The van der Waals surface area contributed by atoms with Crippen molar-refractivity contribution in [2.24, 2.45) is 5.73 Å². The lowest BCUT2D eigenvalue weighted by Gasteiger charge is -2.33. The summed E-state index contributed by atoms with van der Waals surface area (Å²) in [4.78, 5) is 11.6. The van der Waals surface area contributed by atoms with Crippen molar-refractivity contribution < 1.29 is 4.79 Å². The standard InChI is InChI=1S/C10H19N3O/c11-7-3-1-2-4-8(7)13-10(14)9-5-6-12-9/h7-9,12H,1-6,11H2,(H,13,14)/t7-,8-,9-/m1/s1. The summed E-state index contributed by atoms with van der Waals surface area (Å²) < 4.78 is 0.